The molecule has 0 bridgehead atoms. The van der Waals surface area contributed by atoms with Crippen LogP contribution < -0.4 is 16.2 Å². The number of hydrazine groups is 1. The lowest BCUT2D eigenvalue weighted by molar-refractivity contribution is 0.0935. The van der Waals surface area contributed by atoms with Crippen LogP contribution in [0.15, 0.2) is 54.6 Å². The van der Waals surface area contributed by atoms with Crippen molar-refractivity contribution >= 4 is 62.2 Å². The minimum atomic E-state index is -0.433. The van der Waals surface area contributed by atoms with Crippen LogP contribution in [0, 0.1) is 0 Å². The number of fused-ring (bicyclic) bond motifs is 1. The Bertz CT molecular complexity index is 957. The molecule has 0 aliphatic carbocycles. The summed E-state index contributed by atoms with van der Waals surface area (Å²) in [4.78, 5) is 24.6. The van der Waals surface area contributed by atoms with Gasteiger partial charge in [0.25, 0.3) is 11.8 Å². The zero-order valence-electron chi connectivity index (χ0n) is 12.7. The molecule has 2 aromatic carbocycles. The number of thiophene rings is 1. The Morgan fingerprint density at radius 3 is 2.32 bits per heavy atom. The third-order valence-corrected chi connectivity index (χ3v) is 5.17. The molecule has 25 heavy (non-hydrogen) atoms. The first kappa shape index (κ1) is 17.3. The summed E-state index contributed by atoms with van der Waals surface area (Å²) in [5.74, 6) is -0.797. The van der Waals surface area contributed by atoms with Gasteiger partial charge in [0.1, 0.15) is 4.88 Å². The van der Waals surface area contributed by atoms with Gasteiger partial charge in [-0.05, 0) is 30.4 Å². The molecular formula is C17H12ClN3O2S2. The van der Waals surface area contributed by atoms with E-state index in [1.807, 2.05) is 30.3 Å². The van der Waals surface area contributed by atoms with Crippen molar-refractivity contribution in [1.29, 1.82) is 0 Å². The molecule has 5 nitrogen and oxygen atoms in total. The zero-order valence-corrected chi connectivity index (χ0v) is 15.1. The Labute approximate surface area is 158 Å². The van der Waals surface area contributed by atoms with Crippen LogP contribution in [0.1, 0.15) is 20.0 Å². The quantitative estimate of drug-likeness (QED) is 0.463. The molecule has 8 heteroatoms. The Morgan fingerprint density at radius 1 is 0.920 bits per heavy atom. The van der Waals surface area contributed by atoms with Gasteiger partial charge in [0, 0.05) is 15.6 Å². The summed E-state index contributed by atoms with van der Waals surface area (Å²) in [5.41, 5.74) is 5.39. The molecule has 0 unspecified atom stereocenters. The molecule has 0 radical (unpaired) electrons. The largest absolute Gasteiger partial charge is 0.297 e. The fraction of sp³-hybridized carbons (Fsp3) is 0. The van der Waals surface area contributed by atoms with Gasteiger partial charge in [-0.25, -0.2) is 0 Å². The number of halogens is 1. The summed E-state index contributed by atoms with van der Waals surface area (Å²) in [6.07, 6.45) is 0. The van der Waals surface area contributed by atoms with Crippen LogP contribution in [0.5, 0.6) is 0 Å². The highest BCUT2D eigenvalue weighted by molar-refractivity contribution is 7.80. The van der Waals surface area contributed by atoms with E-state index in [2.05, 4.69) is 16.2 Å². The van der Waals surface area contributed by atoms with Gasteiger partial charge in [0.2, 0.25) is 0 Å². The van der Waals surface area contributed by atoms with Crippen molar-refractivity contribution in [3.63, 3.8) is 0 Å². The van der Waals surface area contributed by atoms with Gasteiger partial charge in [-0.1, -0.05) is 48.0 Å². The molecular weight excluding hydrogens is 378 g/mol. The molecule has 126 valence electrons. The van der Waals surface area contributed by atoms with Crippen LogP contribution >= 0.6 is 35.2 Å². The van der Waals surface area contributed by atoms with E-state index in [1.54, 1.807) is 24.3 Å². The fourth-order valence-electron chi connectivity index (χ4n) is 2.13. The molecule has 3 rings (SSSR count). The Kier molecular flexibility index (Phi) is 5.28. The van der Waals surface area contributed by atoms with E-state index < -0.39 is 5.91 Å². The highest BCUT2D eigenvalue weighted by Crippen LogP contribution is 2.34. The van der Waals surface area contributed by atoms with E-state index in [9.17, 15) is 9.59 Å². The molecule has 0 aliphatic rings. The van der Waals surface area contributed by atoms with Crippen molar-refractivity contribution in [3.8, 4) is 0 Å². The Morgan fingerprint density at radius 2 is 1.60 bits per heavy atom. The minimum absolute atomic E-state index is 0.0252. The number of thiocarbonyl (C=S) groups is 1. The monoisotopic (exact) mass is 389 g/mol. The number of carbonyl (C=O) groups is 2. The lowest BCUT2D eigenvalue weighted by Crippen LogP contribution is -2.48. The third kappa shape index (κ3) is 3.96. The van der Waals surface area contributed by atoms with Crippen molar-refractivity contribution in [3.05, 3.63) is 70.1 Å². The number of rotatable bonds is 2. The van der Waals surface area contributed by atoms with Gasteiger partial charge in [-0.3, -0.25) is 25.8 Å². The molecule has 2 amide bonds. The second kappa shape index (κ2) is 7.60. The summed E-state index contributed by atoms with van der Waals surface area (Å²) in [6.45, 7) is 0. The topological polar surface area (TPSA) is 70.2 Å². The standard InChI is InChI=1S/C17H12ClN3O2S2/c18-13-11-8-4-5-9-12(11)25-14(13)16(23)19-17(24)21-20-15(22)10-6-2-1-3-7-10/h1-9H,(H,20,22)(H2,19,21,23,24). The smallest absolute Gasteiger partial charge is 0.269 e. The van der Waals surface area contributed by atoms with Crippen LogP contribution in [0.3, 0.4) is 0 Å². The van der Waals surface area contributed by atoms with E-state index in [0.29, 0.717) is 15.5 Å². The van der Waals surface area contributed by atoms with Crippen molar-refractivity contribution in [2.75, 3.05) is 0 Å². The maximum absolute atomic E-state index is 12.3. The van der Waals surface area contributed by atoms with E-state index in [0.717, 1.165) is 10.1 Å². The van der Waals surface area contributed by atoms with Gasteiger partial charge in [0.15, 0.2) is 5.11 Å². The highest BCUT2D eigenvalue weighted by Gasteiger charge is 2.18. The molecule has 0 aliphatic heterocycles. The van der Waals surface area contributed by atoms with Crippen LogP contribution in [0.2, 0.25) is 5.02 Å². The SMILES string of the molecule is O=C(NNC(=S)NC(=O)c1sc2ccccc2c1Cl)c1ccccc1. The molecule has 0 saturated heterocycles. The van der Waals surface area contributed by atoms with Gasteiger partial charge in [0.05, 0.1) is 5.02 Å². The number of nitrogens with one attached hydrogen (secondary N) is 3. The maximum Gasteiger partial charge on any atom is 0.269 e. The average Bonchev–Trinajstić information content (AvgIpc) is 2.98. The maximum atomic E-state index is 12.3. The first-order valence-corrected chi connectivity index (χ1v) is 8.80. The molecule has 3 N–H and O–H groups in total. The van der Waals surface area contributed by atoms with E-state index in [1.165, 1.54) is 11.3 Å². The van der Waals surface area contributed by atoms with Gasteiger partial charge < -0.3 is 0 Å². The Balaban J connectivity index is 1.61. The van der Waals surface area contributed by atoms with Crippen LogP contribution in [0.25, 0.3) is 10.1 Å². The lowest BCUT2D eigenvalue weighted by atomic mass is 10.2. The predicted molar refractivity (Wildman–Crippen MR) is 104 cm³/mol. The minimum Gasteiger partial charge on any atom is -0.297 e. The number of benzene rings is 2. The fourth-order valence-corrected chi connectivity index (χ4v) is 3.68. The van der Waals surface area contributed by atoms with E-state index in [4.69, 9.17) is 23.8 Å². The van der Waals surface area contributed by atoms with E-state index in [-0.39, 0.29) is 11.0 Å². The second-order valence-corrected chi connectivity index (χ2v) is 6.81. The number of hydrogen-bond donors (Lipinski definition) is 3. The second-order valence-electron chi connectivity index (χ2n) is 4.97. The van der Waals surface area contributed by atoms with Crippen LogP contribution in [0.4, 0.5) is 0 Å². The van der Waals surface area contributed by atoms with Crippen molar-refractivity contribution in [2.45, 2.75) is 0 Å². The summed E-state index contributed by atoms with van der Waals surface area (Å²) >= 11 is 12.6. The third-order valence-electron chi connectivity index (χ3n) is 3.29. The first-order valence-electron chi connectivity index (χ1n) is 7.20. The summed E-state index contributed by atoms with van der Waals surface area (Å²) in [5, 5.41) is 3.67. The molecule has 1 aromatic heterocycles. The molecule has 3 aromatic rings. The number of amides is 2. The number of hydrogen-bond acceptors (Lipinski definition) is 4. The van der Waals surface area contributed by atoms with Crippen LogP contribution in [-0.4, -0.2) is 16.9 Å². The Hall–Kier alpha value is -2.48. The number of carbonyl (C=O) groups excluding carboxylic acids is 2. The van der Waals surface area contributed by atoms with Crippen LogP contribution in [-0.2, 0) is 0 Å². The summed E-state index contributed by atoms with van der Waals surface area (Å²) in [7, 11) is 0. The molecule has 0 spiro atoms. The molecule has 0 fully saturated rings. The van der Waals surface area contributed by atoms with Crippen molar-refractivity contribution < 1.29 is 9.59 Å². The highest BCUT2D eigenvalue weighted by atomic mass is 35.5. The van der Waals surface area contributed by atoms with Gasteiger partial charge in [-0.15, -0.1) is 11.3 Å². The molecule has 0 atom stereocenters. The lowest BCUT2D eigenvalue weighted by Gasteiger charge is -2.10. The summed E-state index contributed by atoms with van der Waals surface area (Å²) in [6, 6.07) is 16.1. The van der Waals surface area contributed by atoms with Gasteiger partial charge >= 0.3 is 0 Å². The van der Waals surface area contributed by atoms with Crippen molar-refractivity contribution in [2.24, 2.45) is 0 Å². The normalized spacial score (nSPS) is 10.3. The van der Waals surface area contributed by atoms with Gasteiger partial charge in [-0.2, -0.15) is 0 Å². The molecule has 1 heterocycles. The average molecular weight is 390 g/mol. The van der Waals surface area contributed by atoms with E-state index >= 15 is 0 Å². The molecule has 0 saturated carbocycles. The summed E-state index contributed by atoms with van der Waals surface area (Å²) < 4.78 is 0.911. The zero-order chi connectivity index (χ0) is 17.8. The predicted octanol–water partition coefficient (Wildman–Crippen LogP) is 3.50. The van der Waals surface area contributed by atoms with Crippen molar-refractivity contribution in [1.82, 2.24) is 16.2 Å². The first-order chi connectivity index (χ1) is 12.1.